The molecule has 2 rings (SSSR count). The molecular formula is C9H9N3O. The predicted octanol–water partition coefficient (Wildman–Crippen LogP) is 1.48. The number of aromatic amines is 1. The highest BCUT2D eigenvalue weighted by Gasteiger charge is 2.00. The van der Waals surface area contributed by atoms with Crippen molar-refractivity contribution in [2.24, 2.45) is 0 Å². The van der Waals surface area contributed by atoms with Gasteiger partial charge < -0.3 is 4.74 Å². The second kappa shape index (κ2) is 3.26. The minimum absolute atomic E-state index is 0.610. The highest BCUT2D eigenvalue weighted by Crippen LogP contribution is 2.20. The minimum atomic E-state index is 0.610. The Kier molecular flexibility index (Phi) is 1.96. The zero-order valence-electron chi connectivity index (χ0n) is 7.19. The van der Waals surface area contributed by atoms with E-state index >= 15 is 0 Å². The van der Waals surface area contributed by atoms with Gasteiger partial charge in [0.15, 0.2) is 0 Å². The minimum Gasteiger partial charge on any atom is -0.481 e. The van der Waals surface area contributed by atoms with Gasteiger partial charge in [0.05, 0.1) is 13.3 Å². The van der Waals surface area contributed by atoms with Crippen molar-refractivity contribution >= 4 is 0 Å². The monoisotopic (exact) mass is 175 g/mol. The summed E-state index contributed by atoms with van der Waals surface area (Å²) in [5.74, 6) is 0.610. The van der Waals surface area contributed by atoms with Crippen LogP contribution in [0, 0.1) is 0 Å². The van der Waals surface area contributed by atoms with Gasteiger partial charge in [0.1, 0.15) is 0 Å². The van der Waals surface area contributed by atoms with Crippen LogP contribution >= 0.6 is 0 Å². The molecule has 0 aliphatic carbocycles. The standard InChI is InChI=1S/C9H9N3O/c1-13-9-4-7(2-3-10-9)8-5-11-12-6-8/h2-6H,1H3,(H,11,12). The lowest BCUT2D eigenvalue weighted by Crippen LogP contribution is -1.86. The van der Waals surface area contributed by atoms with E-state index in [2.05, 4.69) is 15.2 Å². The molecule has 0 aliphatic rings. The third kappa shape index (κ3) is 1.51. The number of hydrogen-bond acceptors (Lipinski definition) is 3. The van der Waals surface area contributed by atoms with Gasteiger partial charge in [-0.25, -0.2) is 4.98 Å². The van der Waals surface area contributed by atoms with E-state index in [9.17, 15) is 0 Å². The van der Waals surface area contributed by atoms with Crippen LogP contribution in [0.2, 0.25) is 0 Å². The molecule has 0 saturated carbocycles. The molecule has 0 unspecified atom stereocenters. The van der Waals surface area contributed by atoms with Gasteiger partial charge in [0, 0.05) is 24.0 Å². The Labute approximate surface area is 75.6 Å². The van der Waals surface area contributed by atoms with E-state index in [0.717, 1.165) is 11.1 Å². The molecule has 1 N–H and O–H groups in total. The molecule has 2 aromatic rings. The number of H-pyrrole nitrogens is 1. The first-order valence-electron chi connectivity index (χ1n) is 3.89. The first-order valence-corrected chi connectivity index (χ1v) is 3.89. The van der Waals surface area contributed by atoms with Crippen molar-refractivity contribution in [3.05, 3.63) is 30.7 Å². The average molecular weight is 175 g/mol. The topological polar surface area (TPSA) is 50.8 Å². The number of aromatic nitrogens is 3. The van der Waals surface area contributed by atoms with Crippen molar-refractivity contribution < 1.29 is 4.74 Å². The van der Waals surface area contributed by atoms with Gasteiger partial charge in [-0.1, -0.05) is 0 Å². The van der Waals surface area contributed by atoms with Gasteiger partial charge in [-0.05, 0) is 11.6 Å². The number of pyridine rings is 1. The smallest absolute Gasteiger partial charge is 0.213 e. The Bertz CT molecular complexity index is 384. The van der Waals surface area contributed by atoms with Crippen LogP contribution in [0.4, 0.5) is 0 Å². The molecule has 66 valence electrons. The van der Waals surface area contributed by atoms with Crippen LogP contribution < -0.4 is 4.74 Å². The summed E-state index contributed by atoms with van der Waals surface area (Å²) in [6, 6.07) is 3.78. The number of rotatable bonds is 2. The van der Waals surface area contributed by atoms with E-state index in [4.69, 9.17) is 4.74 Å². The van der Waals surface area contributed by atoms with E-state index in [1.165, 1.54) is 0 Å². The number of methoxy groups -OCH3 is 1. The molecule has 0 bridgehead atoms. The zero-order valence-corrected chi connectivity index (χ0v) is 7.19. The molecule has 0 aromatic carbocycles. The number of nitrogens with zero attached hydrogens (tertiary/aromatic N) is 2. The molecule has 13 heavy (non-hydrogen) atoms. The Morgan fingerprint density at radius 2 is 2.31 bits per heavy atom. The summed E-state index contributed by atoms with van der Waals surface area (Å²) in [7, 11) is 1.60. The van der Waals surface area contributed by atoms with Crippen molar-refractivity contribution in [2.75, 3.05) is 7.11 Å². The van der Waals surface area contributed by atoms with Crippen LogP contribution in [0.1, 0.15) is 0 Å². The quantitative estimate of drug-likeness (QED) is 0.752. The van der Waals surface area contributed by atoms with Crippen LogP contribution in [0.5, 0.6) is 5.88 Å². The second-order valence-electron chi connectivity index (χ2n) is 2.57. The van der Waals surface area contributed by atoms with Crippen molar-refractivity contribution in [1.29, 1.82) is 0 Å². The summed E-state index contributed by atoms with van der Waals surface area (Å²) in [4.78, 5) is 4.01. The largest absolute Gasteiger partial charge is 0.481 e. The van der Waals surface area contributed by atoms with Crippen molar-refractivity contribution in [3.8, 4) is 17.0 Å². The second-order valence-corrected chi connectivity index (χ2v) is 2.57. The molecule has 0 amide bonds. The predicted molar refractivity (Wildman–Crippen MR) is 48.4 cm³/mol. The zero-order chi connectivity index (χ0) is 9.10. The van der Waals surface area contributed by atoms with Gasteiger partial charge in [0.2, 0.25) is 5.88 Å². The summed E-state index contributed by atoms with van der Waals surface area (Å²) in [5, 5.41) is 6.62. The SMILES string of the molecule is COc1cc(-c2cn[nH]c2)ccn1. The molecule has 0 aliphatic heterocycles. The molecule has 0 radical (unpaired) electrons. The van der Waals surface area contributed by atoms with Gasteiger partial charge in [0.25, 0.3) is 0 Å². The summed E-state index contributed by atoms with van der Waals surface area (Å²) in [6.45, 7) is 0. The van der Waals surface area contributed by atoms with E-state index in [1.807, 2.05) is 18.3 Å². The summed E-state index contributed by atoms with van der Waals surface area (Å²) in [5.41, 5.74) is 2.07. The highest BCUT2D eigenvalue weighted by atomic mass is 16.5. The molecule has 0 spiro atoms. The maximum absolute atomic E-state index is 5.01. The van der Waals surface area contributed by atoms with E-state index < -0.39 is 0 Å². The van der Waals surface area contributed by atoms with Gasteiger partial charge >= 0.3 is 0 Å². The Balaban J connectivity index is 2.41. The lowest BCUT2D eigenvalue weighted by atomic mass is 10.1. The fourth-order valence-electron chi connectivity index (χ4n) is 1.11. The number of hydrogen-bond donors (Lipinski definition) is 1. The third-order valence-corrected chi connectivity index (χ3v) is 1.78. The van der Waals surface area contributed by atoms with Crippen molar-refractivity contribution in [3.63, 3.8) is 0 Å². The van der Waals surface area contributed by atoms with Crippen LogP contribution in [0.15, 0.2) is 30.7 Å². The van der Waals surface area contributed by atoms with Crippen LogP contribution in [-0.2, 0) is 0 Å². The molecule has 2 aromatic heterocycles. The van der Waals surface area contributed by atoms with Gasteiger partial charge in [-0.2, -0.15) is 5.10 Å². The summed E-state index contributed by atoms with van der Waals surface area (Å²) < 4.78 is 5.01. The normalized spacial score (nSPS) is 9.92. The molecule has 2 heterocycles. The average Bonchev–Trinajstić information content (AvgIpc) is 2.71. The lowest BCUT2D eigenvalue weighted by molar-refractivity contribution is 0.398. The fraction of sp³-hybridized carbons (Fsp3) is 0.111. The van der Waals surface area contributed by atoms with Crippen LogP contribution in [0.3, 0.4) is 0 Å². The highest BCUT2D eigenvalue weighted by molar-refractivity contribution is 5.62. The lowest BCUT2D eigenvalue weighted by Gasteiger charge is -1.99. The Morgan fingerprint density at radius 3 is 3.00 bits per heavy atom. The maximum atomic E-state index is 5.01. The van der Waals surface area contributed by atoms with Crippen molar-refractivity contribution in [1.82, 2.24) is 15.2 Å². The summed E-state index contributed by atoms with van der Waals surface area (Å²) >= 11 is 0. The maximum Gasteiger partial charge on any atom is 0.213 e. The molecule has 4 nitrogen and oxygen atoms in total. The molecular weight excluding hydrogens is 166 g/mol. The number of ether oxygens (including phenoxy) is 1. The third-order valence-electron chi connectivity index (χ3n) is 1.78. The molecule has 4 heteroatoms. The fourth-order valence-corrected chi connectivity index (χ4v) is 1.11. The first-order chi connectivity index (χ1) is 6.40. The molecule has 0 saturated heterocycles. The number of nitrogens with one attached hydrogen (secondary N) is 1. The Hall–Kier alpha value is -1.84. The first kappa shape index (κ1) is 7.79. The van der Waals surface area contributed by atoms with Crippen LogP contribution in [0.25, 0.3) is 11.1 Å². The van der Waals surface area contributed by atoms with Gasteiger partial charge in [-0.15, -0.1) is 0 Å². The summed E-state index contributed by atoms with van der Waals surface area (Å²) in [6.07, 6.45) is 5.30. The van der Waals surface area contributed by atoms with Gasteiger partial charge in [-0.3, -0.25) is 5.10 Å². The van der Waals surface area contributed by atoms with Crippen LogP contribution in [-0.4, -0.2) is 22.3 Å². The van der Waals surface area contributed by atoms with E-state index in [-0.39, 0.29) is 0 Å². The molecule has 0 fully saturated rings. The van der Waals surface area contributed by atoms with E-state index in [1.54, 1.807) is 19.5 Å². The van der Waals surface area contributed by atoms with E-state index in [0.29, 0.717) is 5.88 Å². The van der Waals surface area contributed by atoms with Crippen molar-refractivity contribution in [2.45, 2.75) is 0 Å². The Morgan fingerprint density at radius 1 is 1.38 bits per heavy atom. The molecule has 0 atom stereocenters.